The number of amidine groups is 1. The molecule has 0 saturated carbocycles. The number of carbonyl (C=O) groups is 3. The highest BCUT2D eigenvalue weighted by Crippen LogP contribution is 2.33. The highest BCUT2D eigenvalue weighted by molar-refractivity contribution is 6.10. The number of esters is 1. The Morgan fingerprint density at radius 3 is 2.24 bits per heavy atom. The monoisotopic (exact) mass is 584 g/mol. The molecule has 0 bridgehead atoms. The van der Waals surface area contributed by atoms with Crippen molar-refractivity contribution in [3.05, 3.63) is 89.5 Å². The standard InChI is InChI=1S/C27H26N4O4.C2HF3O2/c1-17-5-3-6-19(13-17)18-9-11-22(12-10-18)30-26(33)27(16-24(32)34-2)15-23(31-35-27)20-7-4-8-21(14-20)25(28)29;3-2(4,5)1(6)7/h3-14H,15-16H2,1-2H3,(H3,28,29)(H,30,33);(H,6,7). The van der Waals surface area contributed by atoms with E-state index < -0.39 is 29.6 Å². The number of aliphatic carboxylic acids is 1. The van der Waals surface area contributed by atoms with Crippen LogP contribution in [-0.4, -0.2) is 53.4 Å². The van der Waals surface area contributed by atoms with E-state index in [0.29, 0.717) is 22.5 Å². The van der Waals surface area contributed by atoms with Gasteiger partial charge >= 0.3 is 18.1 Å². The average molecular weight is 585 g/mol. The molecule has 0 radical (unpaired) electrons. The minimum absolute atomic E-state index is 0.0522. The second-order valence-electron chi connectivity index (χ2n) is 9.25. The van der Waals surface area contributed by atoms with Gasteiger partial charge in [0.2, 0.25) is 5.60 Å². The molecule has 1 aliphatic rings. The van der Waals surface area contributed by atoms with Crippen molar-refractivity contribution < 1.29 is 42.2 Å². The van der Waals surface area contributed by atoms with Gasteiger partial charge in [0, 0.05) is 23.2 Å². The molecule has 3 aromatic carbocycles. The van der Waals surface area contributed by atoms with E-state index in [-0.39, 0.29) is 18.7 Å². The number of methoxy groups -OCH3 is 1. The molecule has 0 aliphatic carbocycles. The van der Waals surface area contributed by atoms with Crippen LogP contribution in [-0.2, 0) is 24.0 Å². The molecule has 3 aromatic rings. The zero-order valence-corrected chi connectivity index (χ0v) is 22.5. The van der Waals surface area contributed by atoms with E-state index in [2.05, 4.69) is 16.5 Å². The molecule has 0 spiro atoms. The zero-order chi connectivity index (χ0) is 31.1. The van der Waals surface area contributed by atoms with Crippen LogP contribution in [0.25, 0.3) is 11.1 Å². The molecule has 0 aromatic heterocycles. The van der Waals surface area contributed by atoms with Gasteiger partial charge in [0.25, 0.3) is 5.91 Å². The van der Waals surface area contributed by atoms with Crippen molar-refractivity contribution in [1.29, 1.82) is 5.41 Å². The number of nitrogen functional groups attached to an aromatic ring is 1. The maximum absolute atomic E-state index is 13.4. The fourth-order valence-corrected chi connectivity index (χ4v) is 3.92. The summed E-state index contributed by atoms with van der Waals surface area (Å²) in [4.78, 5) is 40.0. The van der Waals surface area contributed by atoms with E-state index in [1.54, 1.807) is 36.4 Å². The Morgan fingerprint density at radius 2 is 1.67 bits per heavy atom. The molecule has 13 heteroatoms. The summed E-state index contributed by atoms with van der Waals surface area (Å²) in [7, 11) is 1.25. The lowest BCUT2D eigenvalue weighted by Crippen LogP contribution is -2.45. The zero-order valence-electron chi connectivity index (χ0n) is 22.5. The normalized spacial score (nSPS) is 15.8. The van der Waals surface area contributed by atoms with Crippen LogP contribution in [0.15, 0.2) is 78.0 Å². The van der Waals surface area contributed by atoms with Crippen molar-refractivity contribution in [3.63, 3.8) is 0 Å². The fourth-order valence-electron chi connectivity index (χ4n) is 3.92. The summed E-state index contributed by atoms with van der Waals surface area (Å²) < 4.78 is 36.5. The molecule has 1 aliphatic heterocycles. The summed E-state index contributed by atoms with van der Waals surface area (Å²) in [6.07, 6.45) is -5.34. The number of carboxylic acids is 1. The lowest BCUT2D eigenvalue weighted by molar-refractivity contribution is -0.192. The van der Waals surface area contributed by atoms with Crippen LogP contribution >= 0.6 is 0 Å². The number of halogens is 3. The Hall–Kier alpha value is -5.20. The predicted octanol–water partition coefficient (Wildman–Crippen LogP) is 4.64. The minimum atomic E-state index is -5.08. The Bertz CT molecular complexity index is 1520. The maximum Gasteiger partial charge on any atom is 0.490 e. The van der Waals surface area contributed by atoms with Gasteiger partial charge in [0.05, 0.1) is 19.2 Å². The van der Waals surface area contributed by atoms with Crippen molar-refractivity contribution >= 4 is 35.1 Å². The van der Waals surface area contributed by atoms with Gasteiger partial charge in [-0.2, -0.15) is 13.2 Å². The predicted molar refractivity (Wildman–Crippen MR) is 148 cm³/mol. The first kappa shape index (κ1) is 31.3. The number of hydrogen-bond acceptors (Lipinski definition) is 7. The van der Waals surface area contributed by atoms with Crippen LogP contribution < -0.4 is 11.1 Å². The van der Waals surface area contributed by atoms with E-state index in [0.717, 1.165) is 16.7 Å². The van der Waals surface area contributed by atoms with Crippen molar-refractivity contribution in [2.24, 2.45) is 10.9 Å². The van der Waals surface area contributed by atoms with Gasteiger partial charge in [0.1, 0.15) is 5.84 Å². The quantitative estimate of drug-likeness (QED) is 0.178. The number of amides is 1. The number of benzene rings is 3. The number of ether oxygens (including phenoxy) is 1. The molecule has 1 heterocycles. The highest BCUT2D eigenvalue weighted by Gasteiger charge is 2.49. The highest BCUT2D eigenvalue weighted by atomic mass is 19.4. The van der Waals surface area contributed by atoms with Gasteiger partial charge in [-0.05, 0) is 36.2 Å². The number of aryl methyl sites for hydroxylation is 1. The molecule has 1 amide bonds. The van der Waals surface area contributed by atoms with Crippen molar-refractivity contribution in [2.45, 2.75) is 31.5 Å². The van der Waals surface area contributed by atoms with Gasteiger partial charge < -0.3 is 25.7 Å². The Morgan fingerprint density at radius 1 is 1.05 bits per heavy atom. The van der Waals surface area contributed by atoms with Crippen molar-refractivity contribution in [1.82, 2.24) is 0 Å². The number of rotatable bonds is 7. The second kappa shape index (κ2) is 13.0. The van der Waals surface area contributed by atoms with E-state index >= 15 is 0 Å². The van der Waals surface area contributed by atoms with Crippen LogP contribution in [0.4, 0.5) is 18.9 Å². The van der Waals surface area contributed by atoms with Crippen molar-refractivity contribution in [2.75, 3.05) is 12.4 Å². The lowest BCUT2D eigenvalue weighted by atomic mass is 9.89. The van der Waals surface area contributed by atoms with E-state index in [1.165, 1.54) is 7.11 Å². The number of anilines is 1. The molecule has 1 unspecified atom stereocenters. The molecular formula is C29H27F3N4O6. The first-order valence-corrected chi connectivity index (χ1v) is 12.3. The van der Waals surface area contributed by atoms with Gasteiger partial charge in [-0.25, -0.2) is 4.79 Å². The van der Waals surface area contributed by atoms with Crippen LogP contribution in [0.5, 0.6) is 0 Å². The third-order valence-electron chi connectivity index (χ3n) is 6.10. The first-order valence-electron chi connectivity index (χ1n) is 12.3. The number of carboxylic acid groups (broad SMARTS) is 1. The van der Waals surface area contributed by atoms with Gasteiger partial charge in [0.15, 0.2) is 0 Å². The van der Waals surface area contributed by atoms with Crippen LogP contribution in [0.2, 0.25) is 0 Å². The SMILES string of the molecule is COC(=O)CC1(C(=O)Nc2ccc(-c3cccc(C)c3)cc2)CC(c2cccc(C(=N)N)c2)=NO1.O=C(O)C(F)(F)F. The Labute approximate surface area is 238 Å². The van der Waals surface area contributed by atoms with Crippen LogP contribution in [0, 0.1) is 12.3 Å². The summed E-state index contributed by atoms with van der Waals surface area (Å²) in [6.45, 7) is 2.03. The molecule has 42 heavy (non-hydrogen) atoms. The lowest BCUT2D eigenvalue weighted by Gasteiger charge is -2.24. The van der Waals surface area contributed by atoms with E-state index in [1.807, 2.05) is 37.3 Å². The molecule has 220 valence electrons. The number of carbonyl (C=O) groups excluding carboxylic acids is 2. The average Bonchev–Trinajstić information content (AvgIpc) is 3.38. The number of nitrogens with zero attached hydrogens (tertiary/aromatic N) is 1. The van der Waals surface area contributed by atoms with Gasteiger partial charge in [-0.1, -0.05) is 65.3 Å². The third kappa shape index (κ3) is 7.93. The molecule has 5 N–H and O–H groups in total. The number of oxime groups is 1. The largest absolute Gasteiger partial charge is 0.490 e. The third-order valence-corrected chi connectivity index (χ3v) is 6.10. The first-order chi connectivity index (χ1) is 19.7. The van der Waals surface area contributed by atoms with Crippen LogP contribution in [0.3, 0.4) is 0 Å². The summed E-state index contributed by atoms with van der Waals surface area (Å²) in [5, 5.41) is 21.7. The summed E-state index contributed by atoms with van der Waals surface area (Å²) in [5.74, 6) is -3.94. The molecule has 10 nitrogen and oxygen atoms in total. The Balaban J connectivity index is 0.000000616. The molecule has 1 atom stereocenters. The Kier molecular flexibility index (Phi) is 9.68. The number of hydrogen-bond donors (Lipinski definition) is 4. The summed E-state index contributed by atoms with van der Waals surface area (Å²) in [6, 6.07) is 22.5. The minimum Gasteiger partial charge on any atom is -0.475 e. The van der Waals surface area contributed by atoms with Crippen LogP contribution in [0.1, 0.15) is 29.5 Å². The smallest absolute Gasteiger partial charge is 0.475 e. The summed E-state index contributed by atoms with van der Waals surface area (Å²) >= 11 is 0. The van der Waals surface area contributed by atoms with E-state index in [9.17, 15) is 22.8 Å². The number of alkyl halides is 3. The van der Waals surface area contributed by atoms with Gasteiger partial charge in [-0.3, -0.25) is 15.0 Å². The summed E-state index contributed by atoms with van der Waals surface area (Å²) in [5.41, 5.74) is 9.50. The number of nitrogens with one attached hydrogen (secondary N) is 2. The molecular weight excluding hydrogens is 557 g/mol. The fraction of sp³-hybridized carbons (Fsp3) is 0.207. The molecule has 0 fully saturated rings. The molecule has 0 saturated heterocycles. The maximum atomic E-state index is 13.4. The number of nitrogens with two attached hydrogens (primary N) is 1. The van der Waals surface area contributed by atoms with Crippen molar-refractivity contribution in [3.8, 4) is 11.1 Å². The van der Waals surface area contributed by atoms with E-state index in [4.69, 9.17) is 30.6 Å². The second-order valence-corrected chi connectivity index (χ2v) is 9.25. The molecule has 4 rings (SSSR count). The van der Waals surface area contributed by atoms with Gasteiger partial charge in [-0.15, -0.1) is 0 Å². The topological polar surface area (TPSA) is 164 Å².